The van der Waals surface area contributed by atoms with Crippen LogP contribution < -0.4 is 5.73 Å². The summed E-state index contributed by atoms with van der Waals surface area (Å²) in [7, 11) is -3.66. The molecule has 0 spiro atoms. The first kappa shape index (κ1) is 14.3. The predicted molar refractivity (Wildman–Crippen MR) is 72.7 cm³/mol. The number of halogens is 1. The first-order valence-corrected chi connectivity index (χ1v) is 7.82. The summed E-state index contributed by atoms with van der Waals surface area (Å²) >= 11 is 0. The van der Waals surface area contributed by atoms with Gasteiger partial charge in [-0.1, -0.05) is 6.92 Å². The zero-order valence-corrected chi connectivity index (χ0v) is 12.0. The number of nitrogen functional groups attached to an aromatic ring is 1. The summed E-state index contributed by atoms with van der Waals surface area (Å²) in [6, 6.07) is 2.49. The van der Waals surface area contributed by atoms with E-state index in [0.29, 0.717) is 19.0 Å². The van der Waals surface area contributed by atoms with Crippen molar-refractivity contribution in [1.82, 2.24) is 4.31 Å². The van der Waals surface area contributed by atoms with Gasteiger partial charge >= 0.3 is 0 Å². The number of piperidine rings is 1. The third-order valence-corrected chi connectivity index (χ3v) is 5.55. The SMILES string of the molecule is Cc1c(F)cc(N)cc1S(=O)(=O)N1CCCC(C)C1. The van der Waals surface area contributed by atoms with E-state index in [2.05, 4.69) is 0 Å². The van der Waals surface area contributed by atoms with Crippen molar-refractivity contribution in [2.45, 2.75) is 31.6 Å². The van der Waals surface area contributed by atoms with E-state index in [1.165, 1.54) is 17.3 Å². The van der Waals surface area contributed by atoms with Crippen LogP contribution in [-0.2, 0) is 10.0 Å². The minimum Gasteiger partial charge on any atom is -0.399 e. The first-order valence-electron chi connectivity index (χ1n) is 6.38. The molecule has 106 valence electrons. The molecule has 19 heavy (non-hydrogen) atoms. The molecule has 2 rings (SSSR count). The second kappa shape index (κ2) is 5.09. The highest BCUT2D eigenvalue weighted by Gasteiger charge is 2.30. The van der Waals surface area contributed by atoms with Crippen LogP contribution in [0.5, 0.6) is 0 Å². The van der Waals surface area contributed by atoms with E-state index in [9.17, 15) is 12.8 Å². The molecule has 2 N–H and O–H groups in total. The van der Waals surface area contributed by atoms with Crippen LogP contribution in [0.1, 0.15) is 25.3 Å². The molecule has 1 atom stereocenters. The Morgan fingerprint density at radius 2 is 2.11 bits per heavy atom. The molecule has 1 heterocycles. The van der Waals surface area contributed by atoms with Gasteiger partial charge in [-0.3, -0.25) is 0 Å². The maximum atomic E-state index is 13.7. The van der Waals surface area contributed by atoms with Gasteiger partial charge < -0.3 is 5.73 Å². The number of benzene rings is 1. The number of anilines is 1. The van der Waals surface area contributed by atoms with Crippen LogP contribution in [0, 0.1) is 18.7 Å². The Morgan fingerprint density at radius 1 is 1.42 bits per heavy atom. The lowest BCUT2D eigenvalue weighted by atomic mass is 10.0. The normalized spacial score (nSPS) is 21.5. The summed E-state index contributed by atoms with van der Waals surface area (Å²) in [6.07, 6.45) is 1.86. The van der Waals surface area contributed by atoms with Gasteiger partial charge in [0, 0.05) is 24.3 Å². The zero-order chi connectivity index (χ0) is 14.2. The van der Waals surface area contributed by atoms with E-state index < -0.39 is 15.8 Å². The fourth-order valence-corrected chi connectivity index (χ4v) is 4.31. The van der Waals surface area contributed by atoms with E-state index >= 15 is 0 Å². The summed E-state index contributed by atoms with van der Waals surface area (Å²) < 4.78 is 40.2. The van der Waals surface area contributed by atoms with Gasteiger partial charge in [0.05, 0.1) is 4.90 Å². The lowest BCUT2D eigenvalue weighted by Gasteiger charge is -2.30. The fraction of sp³-hybridized carbons (Fsp3) is 0.538. The van der Waals surface area contributed by atoms with Crippen molar-refractivity contribution < 1.29 is 12.8 Å². The minimum absolute atomic E-state index is 0.0147. The molecule has 0 aliphatic carbocycles. The number of nitrogens with two attached hydrogens (primary N) is 1. The van der Waals surface area contributed by atoms with Gasteiger partial charge in [-0.25, -0.2) is 12.8 Å². The number of hydrogen-bond donors (Lipinski definition) is 1. The Morgan fingerprint density at radius 3 is 2.74 bits per heavy atom. The highest BCUT2D eigenvalue weighted by atomic mass is 32.2. The molecule has 0 saturated carbocycles. The molecule has 6 heteroatoms. The van der Waals surface area contributed by atoms with Gasteiger partial charge in [0.2, 0.25) is 10.0 Å². The van der Waals surface area contributed by atoms with Gasteiger partial charge in [-0.2, -0.15) is 4.31 Å². The van der Waals surface area contributed by atoms with E-state index in [1.54, 1.807) is 0 Å². The topological polar surface area (TPSA) is 63.4 Å². The van der Waals surface area contributed by atoms with E-state index in [4.69, 9.17) is 5.73 Å². The third kappa shape index (κ3) is 2.74. The van der Waals surface area contributed by atoms with Gasteiger partial charge in [-0.05, 0) is 37.8 Å². The Labute approximate surface area is 113 Å². The van der Waals surface area contributed by atoms with E-state index in [0.717, 1.165) is 18.9 Å². The Bertz CT molecular complexity index is 587. The molecule has 1 saturated heterocycles. The average molecular weight is 286 g/mol. The number of nitrogens with zero attached hydrogens (tertiary/aromatic N) is 1. The van der Waals surface area contributed by atoms with Crippen molar-refractivity contribution in [3.05, 3.63) is 23.5 Å². The van der Waals surface area contributed by atoms with Gasteiger partial charge in [0.1, 0.15) is 5.82 Å². The molecule has 0 bridgehead atoms. The fourth-order valence-electron chi connectivity index (χ4n) is 2.45. The summed E-state index contributed by atoms with van der Waals surface area (Å²) in [6.45, 7) is 4.46. The average Bonchev–Trinajstić information content (AvgIpc) is 2.33. The summed E-state index contributed by atoms with van der Waals surface area (Å²) in [4.78, 5) is -0.0147. The smallest absolute Gasteiger partial charge is 0.243 e. The second-order valence-electron chi connectivity index (χ2n) is 5.24. The molecule has 1 unspecified atom stereocenters. The van der Waals surface area contributed by atoms with Crippen LogP contribution in [0.4, 0.5) is 10.1 Å². The molecule has 4 nitrogen and oxygen atoms in total. The summed E-state index contributed by atoms with van der Waals surface area (Å²) in [5.74, 6) is -0.252. The minimum atomic E-state index is -3.66. The molecule has 0 amide bonds. The number of rotatable bonds is 2. The first-order chi connectivity index (χ1) is 8.82. The molecular formula is C13H19FN2O2S. The summed E-state index contributed by atoms with van der Waals surface area (Å²) in [5.41, 5.74) is 5.82. The van der Waals surface area contributed by atoms with E-state index in [1.807, 2.05) is 6.92 Å². The standard InChI is InChI=1S/C13H19FN2O2S/c1-9-4-3-5-16(8-9)19(17,18)13-7-11(15)6-12(14)10(13)2/h6-7,9H,3-5,8,15H2,1-2H3. The van der Waals surface area contributed by atoms with Crippen LogP contribution in [0.2, 0.25) is 0 Å². The second-order valence-corrected chi connectivity index (χ2v) is 7.14. The van der Waals surface area contributed by atoms with Crippen LogP contribution in [0.25, 0.3) is 0 Å². The van der Waals surface area contributed by atoms with Crippen molar-refractivity contribution in [1.29, 1.82) is 0 Å². The predicted octanol–water partition coefficient (Wildman–Crippen LogP) is 2.14. The van der Waals surface area contributed by atoms with Crippen LogP contribution >= 0.6 is 0 Å². The molecule has 0 radical (unpaired) electrons. The number of sulfonamides is 1. The number of hydrogen-bond acceptors (Lipinski definition) is 3. The highest BCUT2D eigenvalue weighted by Crippen LogP contribution is 2.28. The summed E-state index contributed by atoms with van der Waals surface area (Å²) in [5, 5.41) is 0. The lowest BCUT2D eigenvalue weighted by Crippen LogP contribution is -2.39. The largest absolute Gasteiger partial charge is 0.399 e. The van der Waals surface area contributed by atoms with Crippen molar-refractivity contribution in [3.8, 4) is 0 Å². The molecule has 0 aromatic heterocycles. The molecule has 1 aliphatic rings. The van der Waals surface area contributed by atoms with E-state index in [-0.39, 0.29) is 16.1 Å². The van der Waals surface area contributed by atoms with Gasteiger partial charge in [0.25, 0.3) is 0 Å². The molecule has 1 aliphatic heterocycles. The zero-order valence-electron chi connectivity index (χ0n) is 11.2. The van der Waals surface area contributed by atoms with Crippen molar-refractivity contribution in [3.63, 3.8) is 0 Å². The van der Waals surface area contributed by atoms with Gasteiger partial charge in [-0.15, -0.1) is 0 Å². The maximum Gasteiger partial charge on any atom is 0.243 e. The quantitative estimate of drug-likeness (QED) is 0.847. The lowest BCUT2D eigenvalue weighted by molar-refractivity contribution is 0.281. The van der Waals surface area contributed by atoms with Crippen LogP contribution in [0.15, 0.2) is 17.0 Å². The maximum absolute atomic E-state index is 13.7. The Kier molecular flexibility index (Phi) is 3.82. The third-order valence-electron chi connectivity index (χ3n) is 3.56. The molecule has 1 aromatic carbocycles. The van der Waals surface area contributed by atoms with Crippen LogP contribution in [0.3, 0.4) is 0 Å². The van der Waals surface area contributed by atoms with Crippen molar-refractivity contribution in [2.24, 2.45) is 5.92 Å². The van der Waals surface area contributed by atoms with Crippen LogP contribution in [-0.4, -0.2) is 25.8 Å². The van der Waals surface area contributed by atoms with Gasteiger partial charge in [0.15, 0.2) is 0 Å². The Balaban J connectivity index is 2.45. The molecule has 1 aromatic rings. The Hall–Kier alpha value is -1.14. The molecular weight excluding hydrogens is 267 g/mol. The monoisotopic (exact) mass is 286 g/mol. The highest BCUT2D eigenvalue weighted by molar-refractivity contribution is 7.89. The molecule has 1 fully saturated rings. The van der Waals surface area contributed by atoms with Crippen molar-refractivity contribution in [2.75, 3.05) is 18.8 Å². The van der Waals surface area contributed by atoms with Crippen molar-refractivity contribution >= 4 is 15.7 Å².